The van der Waals surface area contributed by atoms with Crippen molar-refractivity contribution in [3.05, 3.63) is 16.8 Å². The van der Waals surface area contributed by atoms with Crippen molar-refractivity contribution in [1.82, 2.24) is 0 Å². The number of amides is 1. The highest BCUT2D eigenvalue weighted by atomic mass is 32.1. The number of carbonyl (C=O) groups excluding carboxylic acids is 1. The van der Waals surface area contributed by atoms with Crippen LogP contribution >= 0.6 is 11.3 Å². The molecule has 1 heterocycles. The van der Waals surface area contributed by atoms with Gasteiger partial charge in [0.25, 0.3) is 0 Å². The van der Waals surface area contributed by atoms with Crippen molar-refractivity contribution >= 4 is 22.9 Å². The Bertz CT molecular complexity index is 335. The summed E-state index contributed by atoms with van der Waals surface area (Å²) in [4.78, 5) is 11.4. The van der Waals surface area contributed by atoms with Gasteiger partial charge in [0.05, 0.1) is 11.8 Å². The molecule has 0 saturated heterocycles. The molecule has 0 aliphatic rings. The van der Waals surface area contributed by atoms with Crippen LogP contribution in [0.4, 0.5) is 5.69 Å². The topological polar surface area (TPSA) is 52.9 Å². The third kappa shape index (κ3) is 2.30. The lowest BCUT2D eigenvalue weighted by Crippen LogP contribution is -2.28. The molecule has 0 unspecified atom stereocenters. The molecular formula is C9H10N2OS. The second-order valence-electron chi connectivity index (χ2n) is 3.20. The summed E-state index contributed by atoms with van der Waals surface area (Å²) < 4.78 is 0. The predicted octanol–water partition coefficient (Wildman–Crippen LogP) is 2.24. The van der Waals surface area contributed by atoms with E-state index in [0.29, 0.717) is 0 Å². The van der Waals surface area contributed by atoms with Gasteiger partial charge in [0, 0.05) is 5.38 Å². The molecule has 0 fully saturated rings. The Hall–Kier alpha value is -1.34. The van der Waals surface area contributed by atoms with Crippen LogP contribution in [0.2, 0.25) is 0 Å². The fraction of sp³-hybridized carbons (Fsp3) is 0.333. The molecule has 0 spiro atoms. The summed E-state index contributed by atoms with van der Waals surface area (Å²) in [6.45, 7) is 3.18. The number of nitriles is 1. The number of hydrogen-bond acceptors (Lipinski definition) is 3. The first-order chi connectivity index (χ1) is 6.06. The van der Waals surface area contributed by atoms with Gasteiger partial charge in [-0.3, -0.25) is 4.79 Å². The molecule has 13 heavy (non-hydrogen) atoms. The van der Waals surface area contributed by atoms with Gasteiger partial charge >= 0.3 is 0 Å². The van der Waals surface area contributed by atoms with Crippen molar-refractivity contribution in [2.75, 3.05) is 5.32 Å². The van der Waals surface area contributed by atoms with E-state index in [1.54, 1.807) is 19.9 Å². The van der Waals surface area contributed by atoms with Gasteiger partial charge in [-0.2, -0.15) is 16.6 Å². The molecule has 0 aromatic carbocycles. The van der Waals surface area contributed by atoms with E-state index in [9.17, 15) is 4.79 Å². The zero-order chi connectivity index (χ0) is 9.90. The summed E-state index contributed by atoms with van der Waals surface area (Å²) in [5.41, 5.74) is -0.222. The average Bonchev–Trinajstić information content (AvgIpc) is 2.57. The first-order valence-corrected chi connectivity index (χ1v) is 4.75. The zero-order valence-corrected chi connectivity index (χ0v) is 8.31. The maximum absolute atomic E-state index is 11.4. The molecule has 0 bridgehead atoms. The molecule has 4 heteroatoms. The quantitative estimate of drug-likeness (QED) is 0.784. The van der Waals surface area contributed by atoms with E-state index in [2.05, 4.69) is 5.32 Å². The minimum Gasteiger partial charge on any atom is -0.324 e. The van der Waals surface area contributed by atoms with E-state index in [0.717, 1.165) is 5.69 Å². The Labute approximate surface area is 81.0 Å². The first kappa shape index (κ1) is 9.75. The molecule has 3 nitrogen and oxygen atoms in total. The Morgan fingerprint density at radius 3 is 2.85 bits per heavy atom. The standard InChI is InChI=1S/C9H10N2OS/c1-9(2,6-10)8(12)11-7-3-4-13-5-7/h3-5H,1-2H3,(H,11,12). The van der Waals surface area contributed by atoms with Crippen LogP contribution in [-0.4, -0.2) is 5.91 Å². The van der Waals surface area contributed by atoms with Crippen LogP contribution in [0.5, 0.6) is 0 Å². The molecule has 1 rings (SSSR count). The minimum absolute atomic E-state index is 0.270. The van der Waals surface area contributed by atoms with E-state index in [4.69, 9.17) is 5.26 Å². The lowest BCUT2D eigenvalue weighted by atomic mass is 9.95. The molecule has 0 atom stereocenters. The molecular weight excluding hydrogens is 184 g/mol. The number of carbonyl (C=O) groups is 1. The summed E-state index contributed by atoms with van der Waals surface area (Å²) >= 11 is 1.50. The lowest BCUT2D eigenvalue weighted by Gasteiger charge is -2.13. The minimum atomic E-state index is -0.970. The molecule has 0 aliphatic heterocycles. The van der Waals surface area contributed by atoms with Crippen molar-refractivity contribution in [3.8, 4) is 6.07 Å². The largest absolute Gasteiger partial charge is 0.324 e. The third-order valence-electron chi connectivity index (χ3n) is 1.63. The molecule has 1 amide bonds. The number of rotatable bonds is 2. The fourth-order valence-corrected chi connectivity index (χ4v) is 1.26. The Balaban J connectivity index is 2.68. The predicted molar refractivity (Wildman–Crippen MR) is 52.3 cm³/mol. The molecule has 0 saturated carbocycles. The van der Waals surface area contributed by atoms with Gasteiger partial charge in [-0.25, -0.2) is 0 Å². The summed E-state index contributed by atoms with van der Waals surface area (Å²) in [5.74, 6) is -0.270. The first-order valence-electron chi connectivity index (χ1n) is 3.81. The van der Waals surface area contributed by atoms with Crippen LogP contribution in [0.1, 0.15) is 13.8 Å². The third-order valence-corrected chi connectivity index (χ3v) is 2.31. The van der Waals surface area contributed by atoms with Crippen LogP contribution < -0.4 is 5.32 Å². The number of nitrogens with zero attached hydrogens (tertiary/aromatic N) is 1. The van der Waals surface area contributed by atoms with Crippen LogP contribution in [-0.2, 0) is 4.79 Å². The van der Waals surface area contributed by atoms with E-state index in [-0.39, 0.29) is 5.91 Å². The van der Waals surface area contributed by atoms with Crippen molar-refractivity contribution < 1.29 is 4.79 Å². The Kier molecular flexibility index (Phi) is 2.69. The highest BCUT2D eigenvalue weighted by molar-refractivity contribution is 7.08. The van der Waals surface area contributed by atoms with Gasteiger partial charge in [-0.1, -0.05) is 0 Å². The highest BCUT2D eigenvalue weighted by Crippen LogP contribution is 2.18. The normalized spacial score (nSPS) is 10.5. The van der Waals surface area contributed by atoms with Crippen molar-refractivity contribution in [2.45, 2.75) is 13.8 Å². The lowest BCUT2D eigenvalue weighted by molar-refractivity contribution is -0.121. The number of hydrogen-bond donors (Lipinski definition) is 1. The maximum atomic E-state index is 11.4. The monoisotopic (exact) mass is 194 g/mol. The average molecular weight is 194 g/mol. The van der Waals surface area contributed by atoms with Crippen LogP contribution in [0.25, 0.3) is 0 Å². The SMILES string of the molecule is CC(C)(C#N)C(=O)Nc1ccsc1. The number of anilines is 1. The van der Waals surface area contributed by atoms with Gasteiger partial charge in [-0.15, -0.1) is 0 Å². The van der Waals surface area contributed by atoms with Gasteiger partial charge in [0.15, 0.2) is 0 Å². The number of thiophene rings is 1. The van der Waals surface area contributed by atoms with Gasteiger partial charge in [-0.05, 0) is 25.3 Å². The Morgan fingerprint density at radius 1 is 1.69 bits per heavy atom. The molecule has 1 aromatic heterocycles. The van der Waals surface area contributed by atoms with Gasteiger partial charge < -0.3 is 5.32 Å². The van der Waals surface area contributed by atoms with Crippen LogP contribution in [0.15, 0.2) is 16.8 Å². The molecule has 68 valence electrons. The van der Waals surface area contributed by atoms with E-state index in [1.165, 1.54) is 11.3 Å². The molecule has 1 aromatic rings. The van der Waals surface area contributed by atoms with E-state index >= 15 is 0 Å². The summed E-state index contributed by atoms with van der Waals surface area (Å²) in [7, 11) is 0. The van der Waals surface area contributed by atoms with Crippen LogP contribution in [0.3, 0.4) is 0 Å². The van der Waals surface area contributed by atoms with Crippen LogP contribution in [0, 0.1) is 16.7 Å². The molecule has 1 N–H and O–H groups in total. The van der Waals surface area contributed by atoms with Crippen molar-refractivity contribution in [3.63, 3.8) is 0 Å². The zero-order valence-electron chi connectivity index (χ0n) is 7.50. The Morgan fingerprint density at radius 2 is 2.38 bits per heavy atom. The molecule has 0 aliphatic carbocycles. The fourth-order valence-electron chi connectivity index (χ4n) is 0.674. The van der Waals surface area contributed by atoms with Gasteiger partial charge in [0.2, 0.25) is 5.91 Å². The van der Waals surface area contributed by atoms with Gasteiger partial charge in [0.1, 0.15) is 5.41 Å². The van der Waals surface area contributed by atoms with Crippen molar-refractivity contribution in [1.29, 1.82) is 5.26 Å². The summed E-state index contributed by atoms with van der Waals surface area (Å²) in [6, 6.07) is 3.75. The summed E-state index contributed by atoms with van der Waals surface area (Å²) in [5, 5.41) is 15.0. The summed E-state index contributed by atoms with van der Waals surface area (Å²) in [6.07, 6.45) is 0. The smallest absolute Gasteiger partial charge is 0.244 e. The highest BCUT2D eigenvalue weighted by Gasteiger charge is 2.27. The van der Waals surface area contributed by atoms with E-state index < -0.39 is 5.41 Å². The number of nitrogens with one attached hydrogen (secondary N) is 1. The maximum Gasteiger partial charge on any atom is 0.244 e. The second kappa shape index (κ2) is 3.58. The second-order valence-corrected chi connectivity index (χ2v) is 3.98. The van der Waals surface area contributed by atoms with E-state index in [1.807, 2.05) is 16.8 Å². The molecule has 0 radical (unpaired) electrons. The van der Waals surface area contributed by atoms with Crippen molar-refractivity contribution in [2.24, 2.45) is 5.41 Å².